The van der Waals surface area contributed by atoms with Crippen LogP contribution >= 0.6 is 0 Å². The number of nitrogens with zero attached hydrogens (tertiary/aromatic N) is 6. The van der Waals surface area contributed by atoms with E-state index in [0.29, 0.717) is 43.3 Å². The molecule has 2 aromatic carbocycles. The smallest absolute Gasteiger partial charge is 0.326 e. The van der Waals surface area contributed by atoms with Crippen LogP contribution in [0, 0.1) is 25.2 Å². The summed E-state index contributed by atoms with van der Waals surface area (Å²) >= 11 is 0. The van der Waals surface area contributed by atoms with E-state index in [1.165, 1.54) is 0 Å². The van der Waals surface area contributed by atoms with Crippen LogP contribution in [0.3, 0.4) is 0 Å². The SMILES string of the molecule is COc1ccc(CN2CCN(c3ccn(-c4cc(C)nc(Nc5ccc(C#N)cc5C)c4CCO)n3)C2=O)cc1. The Morgan fingerprint density at radius 1 is 1.10 bits per heavy atom. The van der Waals surface area contributed by atoms with Gasteiger partial charge in [0, 0.05) is 61.9 Å². The number of aryl methyl sites for hydroxylation is 2. The lowest BCUT2D eigenvalue weighted by Crippen LogP contribution is -2.31. The van der Waals surface area contributed by atoms with E-state index in [2.05, 4.69) is 11.4 Å². The highest BCUT2D eigenvalue weighted by Gasteiger charge is 2.31. The first-order valence-corrected chi connectivity index (χ1v) is 13.0. The van der Waals surface area contributed by atoms with E-state index in [1.54, 1.807) is 27.7 Å². The molecule has 1 fully saturated rings. The van der Waals surface area contributed by atoms with Crippen LogP contribution in [0.25, 0.3) is 5.69 Å². The summed E-state index contributed by atoms with van der Waals surface area (Å²) in [5.74, 6) is 1.95. The molecule has 10 heteroatoms. The quantitative estimate of drug-likeness (QED) is 0.323. The molecule has 2 N–H and O–H groups in total. The van der Waals surface area contributed by atoms with Gasteiger partial charge in [-0.15, -0.1) is 5.10 Å². The van der Waals surface area contributed by atoms with Gasteiger partial charge in [-0.3, -0.25) is 4.90 Å². The van der Waals surface area contributed by atoms with Crippen molar-refractivity contribution in [2.24, 2.45) is 0 Å². The number of nitriles is 1. The van der Waals surface area contributed by atoms with Gasteiger partial charge in [0.05, 0.1) is 24.4 Å². The number of hydrogen-bond acceptors (Lipinski definition) is 7. The van der Waals surface area contributed by atoms with Gasteiger partial charge in [0.2, 0.25) is 0 Å². The lowest BCUT2D eigenvalue weighted by molar-refractivity contribution is 0.218. The van der Waals surface area contributed by atoms with Crippen molar-refractivity contribution in [3.8, 4) is 17.5 Å². The molecule has 0 saturated carbocycles. The second-order valence-corrected chi connectivity index (χ2v) is 9.67. The molecule has 0 atom stereocenters. The van der Waals surface area contributed by atoms with Crippen LogP contribution in [-0.2, 0) is 13.0 Å². The molecule has 1 aliphatic heterocycles. The van der Waals surface area contributed by atoms with Gasteiger partial charge in [-0.1, -0.05) is 12.1 Å². The molecule has 5 rings (SSSR count). The highest BCUT2D eigenvalue weighted by Crippen LogP contribution is 2.29. The Bertz CT molecular complexity index is 1570. The van der Waals surface area contributed by atoms with Gasteiger partial charge in [0.15, 0.2) is 5.82 Å². The van der Waals surface area contributed by atoms with E-state index < -0.39 is 0 Å². The number of benzene rings is 2. The number of anilines is 3. The fraction of sp³-hybridized carbons (Fsp3) is 0.267. The predicted molar refractivity (Wildman–Crippen MR) is 152 cm³/mol. The number of nitrogens with one attached hydrogen (secondary N) is 1. The zero-order valence-electron chi connectivity index (χ0n) is 22.8. The molecular formula is C30H31N7O3. The van der Waals surface area contributed by atoms with Crippen LogP contribution < -0.4 is 15.0 Å². The van der Waals surface area contributed by atoms with Gasteiger partial charge in [-0.05, 0) is 61.4 Å². The van der Waals surface area contributed by atoms with Crippen LogP contribution in [0.1, 0.15) is 27.9 Å². The lowest BCUT2D eigenvalue weighted by Gasteiger charge is -2.18. The maximum absolute atomic E-state index is 13.2. The summed E-state index contributed by atoms with van der Waals surface area (Å²) in [5, 5.41) is 27.2. The molecule has 1 aliphatic rings. The van der Waals surface area contributed by atoms with Crippen LogP contribution in [0.15, 0.2) is 60.8 Å². The Hall–Kier alpha value is -4.88. The number of rotatable bonds is 9. The van der Waals surface area contributed by atoms with Crippen molar-refractivity contribution in [1.29, 1.82) is 5.26 Å². The molecule has 0 spiro atoms. The minimum absolute atomic E-state index is 0.0716. The van der Waals surface area contributed by atoms with E-state index >= 15 is 0 Å². The van der Waals surface area contributed by atoms with Gasteiger partial charge in [-0.25, -0.2) is 14.5 Å². The Morgan fingerprint density at radius 3 is 2.60 bits per heavy atom. The molecule has 10 nitrogen and oxygen atoms in total. The topological polar surface area (TPSA) is 120 Å². The third kappa shape index (κ3) is 5.46. The van der Waals surface area contributed by atoms with Crippen LogP contribution in [0.4, 0.5) is 22.1 Å². The number of pyridine rings is 1. The number of ether oxygens (including phenoxy) is 1. The maximum atomic E-state index is 13.2. The molecule has 2 amide bonds. The van der Waals surface area contributed by atoms with E-state index in [0.717, 1.165) is 39.5 Å². The molecule has 40 heavy (non-hydrogen) atoms. The molecule has 0 radical (unpaired) electrons. The lowest BCUT2D eigenvalue weighted by atomic mass is 10.1. The number of carbonyl (C=O) groups excluding carboxylic acids is 1. The van der Waals surface area contributed by atoms with E-state index in [1.807, 2.05) is 68.6 Å². The third-order valence-corrected chi connectivity index (χ3v) is 6.92. The van der Waals surface area contributed by atoms with Crippen molar-refractivity contribution in [1.82, 2.24) is 19.7 Å². The summed E-state index contributed by atoms with van der Waals surface area (Å²) < 4.78 is 6.95. The molecule has 1 saturated heterocycles. The van der Waals surface area contributed by atoms with Crippen molar-refractivity contribution in [2.75, 3.05) is 37.0 Å². The Kier molecular flexibility index (Phi) is 7.66. The molecule has 2 aromatic heterocycles. The molecule has 4 aromatic rings. The summed E-state index contributed by atoms with van der Waals surface area (Å²) in [6.07, 6.45) is 2.18. The highest BCUT2D eigenvalue weighted by atomic mass is 16.5. The van der Waals surface area contributed by atoms with Crippen molar-refractivity contribution < 1.29 is 14.6 Å². The van der Waals surface area contributed by atoms with Crippen LogP contribution in [-0.4, -0.2) is 57.6 Å². The number of methoxy groups -OCH3 is 1. The average molecular weight is 538 g/mol. The summed E-state index contributed by atoms with van der Waals surface area (Å²) in [6.45, 7) is 5.40. The van der Waals surface area contributed by atoms with Crippen molar-refractivity contribution in [2.45, 2.75) is 26.8 Å². The fourth-order valence-corrected chi connectivity index (χ4v) is 4.84. The van der Waals surface area contributed by atoms with Crippen molar-refractivity contribution in [3.05, 3.63) is 88.7 Å². The minimum Gasteiger partial charge on any atom is -0.497 e. The van der Waals surface area contributed by atoms with Crippen LogP contribution in [0.2, 0.25) is 0 Å². The summed E-state index contributed by atoms with van der Waals surface area (Å²) in [5.41, 5.74) is 5.67. The van der Waals surface area contributed by atoms with E-state index in [9.17, 15) is 15.2 Å². The number of aliphatic hydroxyl groups is 1. The zero-order chi connectivity index (χ0) is 28.2. The van der Waals surface area contributed by atoms with E-state index in [4.69, 9.17) is 14.8 Å². The predicted octanol–water partition coefficient (Wildman–Crippen LogP) is 4.49. The van der Waals surface area contributed by atoms with Crippen molar-refractivity contribution in [3.63, 3.8) is 0 Å². The first kappa shape index (κ1) is 26.7. The van der Waals surface area contributed by atoms with Gasteiger partial charge in [-0.2, -0.15) is 5.26 Å². The van der Waals surface area contributed by atoms with Gasteiger partial charge >= 0.3 is 6.03 Å². The Morgan fingerprint density at radius 2 is 1.90 bits per heavy atom. The second kappa shape index (κ2) is 11.5. The first-order chi connectivity index (χ1) is 19.4. The maximum Gasteiger partial charge on any atom is 0.326 e. The summed E-state index contributed by atoms with van der Waals surface area (Å²) in [6, 6.07) is 18.9. The zero-order valence-corrected chi connectivity index (χ0v) is 22.8. The Labute approximate surface area is 233 Å². The largest absolute Gasteiger partial charge is 0.497 e. The molecule has 0 unspecified atom stereocenters. The molecule has 0 bridgehead atoms. The number of hydrogen-bond donors (Lipinski definition) is 2. The van der Waals surface area contributed by atoms with Gasteiger partial charge in [0.1, 0.15) is 11.6 Å². The average Bonchev–Trinajstić information content (AvgIpc) is 3.58. The highest BCUT2D eigenvalue weighted by molar-refractivity contribution is 5.93. The molecule has 204 valence electrons. The van der Waals surface area contributed by atoms with E-state index in [-0.39, 0.29) is 12.6 Å². The standard InChI is InChI=1S/C30H31N7O3/c1-20-16-23(18-31)6-9-26(20)33-29-25(11-15-38)27(17-21(2)32-29)37-12-10-28(34-37)36-14-13-35(30(36)39)19-22-4-7-24(40-3)8-5-22/h4-10,12,16-17,38H,11,13-15,19H2,1-3H3,(H,32,33). The normalized spacial score (nSPS) is 13.0. The summed E-state index contributed by atoms with van der Waals surface area (Å²) in [4.78, 5) is 21.4. The minimum atomic E-state index is -0.0961. The third-order valence-electron chi connectivity index (χ3n) is 6.92. The number of carbonyl (C=O) groups is 1. The molecular weight excluding hydrogens is 506 g/mol. The number of amides is 2. The van der Waals surface area contributed by atoms with Gasteiger partial charge in [0.25, 0.3) is 0 Å². The fourth-order valence-electron chi connectivity index (χ4n) is 4.84. The summed E-state index contributed by atoms with van der Waals surface area (Å²) in [7, 11) is 1.63. The van der Waals surface area contributed by atoms with Crippen molar-refractivity contribution >= 4 is 23.4 Å². The monoisotopic (exact) mass is 537 g/mol. The van der Waals surface area contributed by atoms with Crippen LogP contribution in [0.5, 0.6) is 5.75 Å². The van der Waals surface area contributed by atoms with Gasteiger partial charge < -0.3 is 20.1 Å². The second-order valence-electron chi connectivity index (χ2n) is 9.67. The number of aliphatic hydroxyl groups excluding tert-OH is 1. The number of aromatic nitrogens is 3. The molecule has 3 heterocycles. The number of urea groups is 1. The molecule has 0 aliphatic carbocycles. The Balaban J connectivity index is 1.39. The first-order valence-electron chi connectivity index (χ1n) is 13.0.